The molecule has 0 saturated carbocycles. The number of carbonyl (C=O) groups excluding carboxylic acids is 1. The van der Waals surface area contributed by atoms with Crippen LogP contribution in [0.5, 0.6) is 11.5 Å². The number of nitrogens with one attached hydrogen (secondary N) is 2. The van der Waals surface area contributed by atoms with E-state index in [1.165, 1.54) is 12.3 Å². The number of benzene rings is 2. The lowest BCUT2D eigenvalue weighted by Crippen LogP contribution is -2.09. The monoisotopic (exact) mass is 310 g/mol. The summed E-state index contributed by atoms with van der Waals surface area (Å²) in [6.07, 6.45) is 4.32. The zero-order chi connectivity index (χ0) is 16.7. The van der Waals surface area contributed by atoms with Crippen molar-refractivity contribution in [2.75, 3.05) is 19.5 Å². The van der Waals surface area contributed by atoms with Gasteiger partial charge in [-0.05, 0) is 29.8 Å². The number of rotatable bonds is 6. The first kappa shape index (κ1) is 16.3. The molecule has 0 aliphatic carbocycles. The number of hydrogen-bond acceptors (Lipinski definition) is 4. The number of carbonyl (C=O) groups is 1. The molecular weight excluding hydrogens is 292 g/mol. The Hall–Kier alpha value is -3.08. The van der Waals surface area contributed by atoms with E-state index in [-0.39, 0.29) is 5.91 Å². The molecule has 0 radical (unpaired) electrons. The van der Waals surface area contributed by atoms with Crippen LogP contribution in [0.25, 0.3) is 6.08 Å². The molecule has 23 heavy (non-hydrogen) atoms. The van der Waals surface area contributed by atoms with Crippen LogP contribution in [-0.4, -0.2) is 26.3 Å². The molecule has 2 aromatic carbocycles. The molecule has 0 fully saturated rings. The molecular formula is C18H18N2O3. The van der Waals surface area contributed by atoms with E-state index < -0.39 is 0 Å². The van der Waals surface area contributed by atoms with Gasteiger partial charge in [0.05, 0.1) is 14.2 Å². The third kappa shape index (κ3) is 4.20. The molecule has 5 nitrogen and oxygen atoms in total. The maximum atomic E-state index is 12.0. The van der Waals surface area contributed by atoms with E-state index in [0.29, 0.717) is 22.7 Å². The lowest BCUT2D eigenvalue weighted by Gasteiger charge is -2.08. The van der Waals surface area contributed by atoms with Crippen LogP contribution in [0.1, 0.15) is 11.1 Å². The topological polar surface area (TPSA) is 71.4 Å². The average molecular weight is 310 g/mol. The molecule has 2 rings (SSSR count). The molecule has 0 aliphatic heterocycles. The fourth-order valence-corrected chi connectivity index (χ4v) is 2.04. The zero-order valence-electron chi connectivity index (χ0n) is 13.0. The quantitative estimate of drug-likeness (QED) is 0.635. The van der Waals surface area contributed by atoms with Crippen LogP contribution in [-0.2, 0) is 4.79 Å². The Morgan fingerprint density at radius 3 is 2.52 bits per heavy atom. The summed E-state index contributed by atoms with van der Waals surface area (Å²) in [5.74, 6) is 0.965. The number of ether oxygens (including phenoxy) is 2. The minimum Gasteiger partial charge on any atom is -0.493 e. The summed E-state index contributed by atoms with van der Waals surface area (Å²) < 4.78 is 10.4. The van der Waals surface area contributed by atoms with Crippen LogP contribution >= 0.6 is 0 Å². The van der Waals surface area contributed by atoms with Crippen molar-refractivity contribution in [2.24, 2.45) is 0 Å². The number of hydrogen-bond donors (Lipinski definition) is 2. The molecule has 2 N–H and O–H groups in total. The van der Waals surface area contributed by atoms with Crippen LogP contribution in [0.15, 0.2) is 48.5 Å². The Labute approximate surface area is 135 Å². The SMILES string of the molecule is COc1ccc(/C=C/C(=O)Nc2ccccc2C=N)cc1OC. The third-order valence-electron chi connectivity index (χ3n) is 3.21. The summed E-state index contributed by atoms with van der Waals surface area (Å²) in [4.78, 5) is 12.0. The molecule has 0 aliphatic rings. The van der Waals surface area contributed by atoms with Crippen LogP contribution < -0.4 is 14.8 Å². The Bertz CT molecular complexity index is 739. The molecule has 0 spiro atoms. The fraction of sp³-hybridized carbons (Fsp3) is 0.111. The van der Waals surface area contributed by atoms with Crippen molar-refractivity contribution >= 4 is 23.9 Å². The number of anilines is 1. The van der Waals surface area contributed by atoms with E-state index in [4.69, 9.17) is 14.9 Å². The van der Waals surface area contributed by atoms with Gasteiger partial charge >= 0.3 is 0 Å². The van der Waals surface area contributed by atoms with Crippen LogP contribution in [0, 0.1) is 5.41 Å². The second-order valence-electron chi connectivity index (χ2n) is 4.67. The van der Waals surface area contributed by atoms with Crippen molar-refractivity contribution in [3.63, 3.8) is 0 Å². The number of amides is 1. The molecule has 0 aromatic heterocycles. The predicted octanol–water partition coefficient (Wildman–Crippen LogP) is 3.35. The molecule has 0 saturated heterocycles. The largest absolute Gasteiger partial charge is 0.493 e. The second kappa shape index (κ2) is 7.79. The van der Waals surface area contributed by atoms with Gasteiger partial charge in [0, 0.05) is 23.5 Å². The third-order valence-corrected chi connectivity index (χ3v) is 3.21. The van der Waals surface area contributed by atoms with Crippen molar-refractivity contribution < 1.29 is 14.3 Å². The van der Waals surface area contributed by atoms with Gasteiger partial charge in [0.1, 0.15) is 0 Å². The summed E-state index contributed by atoms with van der Waals surface area (Å²) in [5, 5.41) is 10.1. The molecule has 0 heterocycles. The highest BCUT2D eigenvalue weighted by atomic mass is 16.5. The summed E-state index contributed by atoms with van der Waals surface area (Å²) in [7, 11) is 3.13. The Morgan fingerprint density at radius 2 is 1.83 bits per heavy atom. The van der Waals surface area contributed by atoms with Crippen molar-refractivity contribution in [1.29, 1.82) is 5.41 Å². The van der Waals surface area contributed by atoms with Crippen molar-refractivity contribution in [2.45, 2.75) is 0 Å². The van der Waals surface area contributed by atoms with Gasteiger partial charge in [-0.15, -0.1) is 0 Å². The standard InChI is InChI=1S/C18H18N2O3/c1-22-16-9-7-13(11-17(16)23-2)8-10-18(21)20-15-6-4-3-5-14(15)12-19/h3-12,19H,1-2H3,(H,20,21)/b10-8+,19-12?. The summed E-state index contributed by atoms with van der Waals surface area (Å²) >= 11 is 0. The Kier molecular flexibility index (Phi) is 5.52. The molecule has 0 unspecified atom stereocenters. The van der Waals surface area contributed by atoms with Crippen LogP contribution in [0.2, 0.25) is 0 Å². The molecule has 2 aromatic rings. The average Bonchev–Trinajstić information content (AvgIpc) is 2.60. The predicted molar refractivity (Wildman–Crippen MR) is 91.5 cm³/mol. The first-order valence-electron chi connectivity index (χ1n) is 6.98. The van der Waals surface area contributed by atoms with E-state index in [2.05, 4.69) is 5.32 Å². The van der Waals surface area contributed by atoms with Gasteiger partial charge in [-0.1, -0.05) is 24.3 Å². The van der Waals surface area contributed by atoms with Crippen molar-refractivity contribution in [3.8, 4) is 11.5 Å². The fourth-order valence-electron chi connectivity index (χ4n) is 2.04. The van der Waals surface area contributed by atoms with Crippen LogP contribution in [0.3, 0.4) is 0 Å². The van der Waals surface area contributed by atoms with Gasteiger partial charge in [-0.2, -0.15) is 0 Å². The van der Waals surface area contributed by atoms with Gasteiger partial charge in [0.2, 0.25) is 5.91 Å². The van der Waals surface area contributed by atoms with Crippen molar-refractivity contribution in [1.82, 2.24) is 0 Å². The van der Waals surface area contributed by atoms with Gasteiger partial charge in [-0.3, -0.25) is 4.79 Å². The molecule has 5 heteroatoms. The molecule has 118 valence electrons. The first-order chi connectivity index (χ1) is 11.2. The first-order valence-corrected chi connectivity index (χ1v) is 6.98. The zero-order valence-corrected chi connectivity index (χ0v) is 13.0. The smallest absolute Gasteiger partial charge is 0.248 e. The van der Waals surface area contributed by atoms with Gasteiger partial charge < -0.3 is 20.2 Å². The van der Waals surface area contributed by atoms with Gasteiger partial charge in [0.25, 0.3) is 0 Å². The highest BCUT2D eigenvalue weighted by molar-refractivity contribution is 6.04. The highest BCUT2D eigenvalue weighted by Gasteiger charge is 2.04. The summed E-state index contributed by atoms with van der Waals surface area (Å²) in [5.41, 5.74) is 2.07. The minimum absolute atomic E-state index is 0.269. The number of methoxy groups -OCH3 is 2. The summed E-state index contributed by atoms with van der Waals surface area (Å²) in [6.45, 7) is 0. The Morgan fingerprint density at radius 1 is 1.09 bits per heavy atom. The van der Waals surface area contributed by atoms with Crippen molar-refractivity contribution in [3.05, 3.63) is 59.7 Å². The van der Waals surface area contributed by atoms with Gasteiger partial charge in [-0.25, -0.2) is 0 Å². The molecule has 0 atom stereocenters. The van der Waals surface area contributed by atoms with E-state index >= 15 is 0 Å². The highest BCUT2D eigenvalue weighted by Crippen LogP contribution is 2.27. The Balaban J connectivity index is 2.10. The van der Waals surface area contributed by atoms with E-state index in [9.17, 15) is 4.79 Å². The maximum Gasteiger partial charge on any atom is 0.248 e. The molecule has 1 amide bonds. The maximum absolute atomic E-state index is 12.0. The minimum atomic E-state index is -0.269. The second-order valence-corrected chi connectivity index (χ2v) is 4.67. The lowest BCUT2D eigenvalue weighted by atomic mass is 10.1. The van der Waals surface area contributed by atoms with E-state index in [1.54, 1.807) is 50.6 Å². The van der Waals surface area contributed by atoms with Crippen LogP contribution in [0.4, 0.5) is 5.69 Å². The normalized spacial score (nSPS) is 10.3. The number of para-hydroxylation sites is 1. The van der Waals surface area contributed by atoms with Gasteiger partial charge in [0.15, 0.2) is 11.5 Å². The summed E-state index contributed by atoms with van der Waals surface area (Å²) in [6, 6.07) is 12.5. The van der Waals surface area contributed by atoms with E-state index in [0.717, 1.165) is 5.56 Å². The van der Waals surface area contributed by atoms with E-state index in [1.807, 2.05) is 12.1 Å². The lowest BCUT2D eigenvalue weighted by molar-refractivity contribution is -0.111. The molecule has 0 bridgehead atoms.